The third kappa shape index (κ3) is 4.31. The topological polar surface area (TPSA) is 54.9 Å². The summed E-state index contributed by atoms with van der Waals surface area (Å²) < 4.78 is 11.2. The third-order valence-corrected chi connectivity index (χ3v) is 6.08. The van der Waals surface area contributed by atoms with Crippen molar-refractivity contribution in [2.45, 2.75) is 19.5 Å². The van der Waals surface area contributed by atoms with Crippen molar-refractivity contribution in [2.24, 2.45) is 5.41 Å². The molecule has 3 heterocycles. The van der Waals surface area contributed by atoms with E-state index in [0.29, 0.717) is 26.2 Å². The normalized spacial score (nSPS) is 23.7. The molecule has 2 aliphatic heterocycles. The van der Waals surface area contributed by atoms with Crippen LogP contribution in [-0.4, -0.2) is 60.6 Å². The minimum absolute atomic E-state index is 0.120. The van der Waals surface area contributed by atoms with Crippen molar-refractivity contribution in [1.82, 2.24) is 14.8 Å². The molecular formula is C20H25N3O3S. The van der Waals surface area contributed by atoms with E-state index >= 15 is 0 Å². The van der Waals surface area contributed by atoms with Crippen molar-refractivity contribution >= 4 is 17.2 Å². The lowest BCUT2D eigenvalue weighted by Crippen LogP contribution is -2.40. The average molecular weight is 388 g/mol. The second-order valence-electron chi connectivity index (χ2n) is 7.51. The zero-order chi connectivity index (χ0) is 18.7. The van der Waals surface area contributed by atoms with E-state index in [-0.39, 0.29) is 11.3 Å². The number of rotatable bonds is 5. The van der Waals surface area contributed by atoms with Gasteiger partial charge in [0, 0.05) is 49.1 Å². The van der Waals surface area contributed by atoms with Gasteiger partial charge < -0.3 is 14.4 Å². The molecule has 2 aromatic rings. The predicted octanol–water partition coefficient (Wildman–Crippen LogP) is 2.40. The number of hydrogen-bond acceptors (Lipinski definition) is 6. The molecule has 0 saturated carbocycles. The van der Waals surface area contributed by atoms with Gasteiger partial charge in [-0.15, -0.1) is 11.3 Å². The molecule has 2 aliphatic rings. The molecule has 7 heteroatoms. The maximum Gasteiger partial charge on any atom is 0.223 e. The lowest BCUT2D eigenvalue weighted by Gasteiger charge is -2.31. The fourth-order valence-corrected chi connectivity index (χ4v) is 4.65. The van der Waals surface area contributed by atoms with E-state index in [1.165, 1.54) is 5.56 Å². The van der Waals surface area contributed by atoms with Crippen LogP contribution in [0.1, 0.15) is 16.9 Å². The lowest BCUT2D eigenvalue weighted by atomic mass is 9.87. The summed E-state index contributed by atoms with van der Waals surface area (Å²) in [4.78, 5) is 22.3. The quantitative estimate of drug-likeness (QED) is 0.789. The summed E-state index contributed by atoms with van der Waals surface area (Å²) in [5.41, 5.74) is 2.94. The van der Waals surface area contributed by atoms with E-state index in [4.69, 9.17) is 9.47 Å². The second kappa shape index (κ2) is 7.96. The van der Waals surface area contributed by atoms with E-state index in [0.717, 1.165) is 36.8 Å². The van der Waals surface area contributed by atoms with Crippen LogP contribution in [0.25, 0.3) is 0 Å². The molecule has 1 amide bonds. The van der Waals surface area contributed by atoms with Crippen LogP contribution in [0.3, 0.4) is 0 Å². The van der Waals surface area contributed by atoms with Crippen molar-refractivity contribution in [1.29, 1.82) is 0 Å². The number of hydrogen-bond donors (Lipinski definition) is 0. The zero-order valence-corrected chi connectivity index (χ0v) is 16.4. The van der Waals surface area contributed by atoms with Crippen LogP contribution in [0.5, 0.6) is 5.75 Å². The van der Waals surface area contributed by atoms with Gasteiger partial charge in [0.05, 0.1) is 32.4 Å². The van der Waals surface area contributed by atoms with E-state index in [1.807, 2.05) is 28.7 Å². The molecule has 6 nitrogen and oxygen atoms in total. The molecule has 2 fully saturated rings. The number of nitrogens with zero attached hydrogens (tertiary/aromatic N) is 3. The fraction of sp³-hybridized carbons (Fsp3) is 0.500. The Bertz CT molecular complexity index is 765. The van der Waals surface area contributed by atoms with Crippen LogP contribution in [0.4, 0.5) is 0 Å². The Morgan fingerprint density at radius 2 is 2.11 bits per heavy atom. The molecule has 2 saturated heterocycles. The number of methoxy groups -OCH3 is 1. The number of carbonyl (C=O) groups excluding carboxylic acids is 1. The molecule has 1 aromatic carbocycles. The van der Waals surface area contributed by atoms with E-state index < -0.39 is 0 Å². The highest BCUT2D eigenvalue weighted by molar-refractivity contribution is 7.09. The maximum absolute atomic E-state index is 12.6. The van der Waals surface area contributed by atoms with Gasteiger partial charge in [0.15, 0.2) is 0 Å². The van der Waals surface area contributed by atoms with Gasteiger partial charge in [-0.25, -0.2) is 0 Å². The van der Waals surface area contributed by atoms with E-state index in [2.05, 4.69) is 22.0 Å². The summed E-state index contributed by atoms with van der Waals surface area (Å²) in [5, 5.41) is 0. The molecular weight excluding hydrogens is 362 g/mol. The first-order valence-corrected chi connectivity index (χ1v) is 10.1. The highest BCUT2D eigenvalue weighted by Crippen LogP contribution is 2.35. The first-order chi connectivity index (χ1) is 13.2. The van der Waals surface area contributed by atoms with Crippen molar-refractivity contribution in [3.63, 3.8) is 0 Å². The van der Waals surface area contributed by atoms with Gasteiger partial charge in [-0.3, -0.25) is 14.7 Å². The summed E-state index contributed by atoms with van der Waals surface area (Å²) in [5.74, 6) is 1.09. The highest BCUT2D eigenvalue weighted by Gasteiger charge is 2.45. The first-order valence-electron chi connectivity index (χ1n) is 9.24. The van der Waals surface area contributed by atoms with Crippen LogP contribution < -0.4 is 4.74 Å². The lowest BCUT2D eigenvalue weighted by molar-refractivity contribution is -0.128. The van der Waals surface area contributed by atoms with Crippen molar-refractivity contribution in [3.05, 3.63) is 46.4 Å². The summed E-state index contributed by atoms with van der Waals surface area (Å²) >= 11 is 1.60. The highest BCUT2D eigenvalue weighted by atomic mass is 32.1. The molecule has 0 N–H and O–H groups in total. The van der Waals surface area contributed by atoms with Gasteiger partial charge in [-0.05, 0) is 17.7 Å². The minimum Gasteiger partial charge on any atom is -0.497 e. The van der Waals surface area contributed by atoms with Gasteiger partial charge >= 0.3 is 0 Å². The Morgan fingerprint density at radius 1 is 1.26 bits per heavy atom. The fourth-order valence-electron chi connectivity index (χ4n) is 4.04. The SMILES string of the molecule is COc1ccc(CN2CCOC[C@@]3(CC(=O)N(Cc4cncs4)C3)C2)cc1. The number of carbonyl (C=O) groups is 1. The zero-order valence-electron chi connectivity index (χ0n) is 15.6. The summed E-state index contributed by atoms with van der Waals surface area (Å²) in [6, 6.07) is 8.20. The number of ether oxygens (including phenoxy) is 2. The van der Waals surface area contributed by atoms with Crippen molar-refractivity contribution in [3.8, 4) is 5.75 Å². The minimum atomic E-state index is -0.120. The first kappa shape index (κ1) is 18.4. The molecule has 0 unspecified atom stereocenters. The Hall–Kier alpha value is -1.96. The largest absolute Gasteiger partial charge is 0.497 e. The van der Waals surface area contributed by atoms with Gasteiger partial charge in [0.2, 0.25) is 5.91 Å². The van der Waals surface area contributed by atoms with Crippen molar-refractivity contribution < 1.29 is 14.3 Å². The molecule has 27 heavy (non-hydrogen) atoms. The second-order valence-corrected chi connectivity index (χ2v) is 8.48. The van der Waals surface area contributed by atoms with Crippen LogP contribution in [0, 0.1) is 5.41 Å². The van der Waals surface area contributed by atoms with Gasteiger partial charge in [-0.1, -0.05) is 12.1 Å². The summed E-state index contributed by atoms with van der Waals surface area (Å²) in [7, 11) is 1.68. The van der Waals surface area contributed by atoms with Gasteiger partial charge in [0.1, 0.15) is 5.75 Å². The number of aromatic nitrogens is 1. The summed E-state index contributed by atoms with van der Waals surface area (Å²) in [6.45, 7) is 5.39. The molecule has 0 bridgehead atoms. The Labute approximate surface area is 163 Å². The molecule has 1 atom stereocenters. The monoisotopic (exact) mass is 387 g/mol. The van der Waals surface area contributed by atoms with Gasteiger partial charge in [-0.2, -0.15) is 0 Å². The number of amides is 1. The number of thiazole rings is 1. The van der Waals surface area contributed by atoms with Crippen LogP contribution in [0.2, 0.25) is 0 Å². The Morgan fingerprint density at radius 3 is 2.85 bits per heavy atom. The maximum atomic E-state index is 12.6. The van der Waals surface area contributed by atoms with Crippen LogP contribution in [0.15, 0.2) is 36.0 Å². The molecule has 0 aliphatic carbocycles. The predicted molar refractivity (Wildman–Crippen MR) is 104 cm³/mol. The molecule has 1 spiro atoms. The van der Waals surface area contributed by atoms with E-state index in [1.54, 1.807) is 18.4 Å². The number of likely N-dealkylation sites (tertiary alicyclic amines) is 1. The Kier molecular flexibility index (Phi) is 5.43. The van der Waals surface area contributed by atoms with E-state index in [9.17, 15) is 4.79 Å². The van der Waals surface area contributed by atoms with Crippen LogP contribution in [-0.2, 0) is 22.6 Å². The van der Waals surface area contributed by atoms with Gasteiger partial charge in [0.25, 0.3) is 0 Å². The Balaban J connectivity index is 1.43. The number of benzene rings is 1. The molecule has 1 aromatic heterocycles. The van der Waals surface area contributed by atoms with Crippen LogP contribution >= 0.6 is 11.3 Å². The summed E-state index contributed by atoms with van der Waals surface area (Å²) in [6.07, 6.45) is 2.41. The standard InChI is InChI=1S/C20H25N3O3S/c1-25-17-4-2-16(3-5-17)10-22-6-7-26-14-20(12-22)8-19(24)23(13-20)11-18-9-21-15-27-18/h2-5,9,15H,6-8,10-14H2,1H3/t20-/m0/s1. The average Bonchev–Trinajstić information content (AvgIpc) is 3.22. The van der Waals surface area contributed by atoms with Crippen molar-refractivity contribution in [2.75, 3.05) is 40.0 Å². The third-order valence-electron chi connectivity index (χ3n) is 5.32. The molecule has 144 valence electrons. The molecule has 4 rings (SSSR count). The molecule has 0 radical (unpaired) electrons. The smallest absolute Gasteiger partial charge is 0.223 e.